The van der Waals surface area contributed by atoms with E-state index in [9.17, 15) is 0 Å². The van der Waals surface area contributed by atoms with Gasteiger partial charge in [0.2, 0.25) is 0 Å². The predicted molar refractivity (Wildman–Crippen MR) is 331 cm³/mol. The molecular weight excluding hydrogens is 2100 g/mol. The van der Waals surface area contributed by atoms with Crippen molar-refractivity contribution in [3.8, 4) is 0 Å². The fourth-order valence-corrected chi connectivity index (χ4v) is 21.4. The summed E-state index contributed by atoms with van der Waals surface area (Å²) in [7, 11) is 0. The van der Waals surface area contributed by atoms with Crippen molar-refractivity contribution in [1.82, 2.24) is 0 Å². The van der Waals surface area contributed by atoms with E-state index in [4.69, 9.17) is 0 Å². The molecule has 6 rings (SSSR count). The average Bonchev–Trinajstić information content (AvgIpc) is 3.28. The molecule has 0 heterocycles. The van der Waals surface area contributed by atoms with Crippen LogP contribution in [0.5, 0.6) is 0 Å². The molecule has 0 atom stereocenters. The van der Waals surface area contributed by atoms with Gasteiger partial charge in [-0.2, -0.15) is 0 Å². The second-order valence-electron chi connectivity index (χ2n) is 13.8. The molecule has 0 radical (unpaired) electrons. The summed E-state index contributed by atoms with van der Waals surface area (Å²) in [5, 5.41) is 0. The van der Waals surface area contributed by atoms with E-state index in [1.54, 1.807) is 0 Å². The molecule has 6 aromatic rings. The summed E-state index contributed by atoms with van der Waals surface area (Å²) in [5.74, 6) is 0. The van der Waals surface area contributed by atoms with Crippen LogP contribution >= 0.6 is 319 Å². The van der Waals surface area contributed by atoms with Crippen LogP contribution in [0, 0.1) is 5.41 Å². The van der Waals surface area contributed by atoms with Gasteiger partial charge in [-0.25, -0.2) is 0 Å². The van der Waals surface area contributed by atoms with Crippen LogP contribution in [0.2, 0.25) is 0 Å². The smallest absolute Gasteiger partial charge is 0.0482 e. The van der Waals surface area contributed by atoms with Crippen molar-refractivity contribution in [2.45, 2.75) is 31.1 Å². The van der Waals surface area contributed by atoms with E-state index in [1.165, 1.54) is 0 Å². The molecule has 0 saturated carbocycles. The van der Waals surface area contributed by atoms with Gasteiger partial charge in [0.15, 0.2) is 0 Å². The van der Waals surface area contributed by atoms with Crippen LogP contribution in [0.25, 0.3) is 0 Å². The fraction of sp³-hybridized carbons (Fsp3) is 0.143. The molecule has 20 heteroatoms. The first-order chi connectivity index (χ1) is 29.1. The summed E-state index contributed by atoms with van der Waals surface area (Å²) in [6.07, 6.45) is 2.13. The summed E-state index contributed by atoms with van der Waals surface area (Å²) >= 11 is 79.9. The predicted octanol–water partition coefficient (Wildman–Crippen LogP) is 25.2. The largest absolute Gasteiger partial charge is 0.0622 e. The van der Waals surface area contributed by atoms with Crippen LogP contribution in [-0.4, -0.2) is 0 Å². The lowest BCUT2D eigenvalue weighted by Crippen LogP contribution is -2.53. The standard InChI is InChI=1S/C42H18Br20/c43-21-17(22(44)30(52)37(59)29(21)51)11-41(12-18-23(45)31(53)38(60)32(54)24(18)46,13-19-25(47)33(55)39(61)34(56)26(19)48)42(15-7-3-1-4-8-15,16-9-5-2-6-10-16)14-20-27(49)35(57)40(62)36(58)28(20)50/h1-10H,11-14H2. The highest BCUT2D eigenvalue weighted by molar-refractivity contribution is 9.18. The zero-order valence-electron chi connectivity index (χ0n) is 30.2. The average molecular weight is 2120 g/mol. The molecule has 0 bridgehead atoms. The second kappa shape index (κ2) is 23.4. The maximum Gasteiger partial charge on any atom is 0.0482 e. The summed E-state index contributed by atoms with van der Waals surface area (Å²) in [6, 6.07) is 21.9. The number of hydrogen-bond acceptors (Lipinski definition) is 0. The number of halogens is 20. The van der Waals surface area contributed by atoms with Crippen LogP contribution in [0.15, 0.2) is 150 Å². The maximum absolute atomic E-state index is 4.12. The molecule has 0 saturated heterocycles. The first kappa shape index (κ1) is 56.2. The van der Waals surface area contributed by atoms with Gasteiger partial charge in [0, 0.05) is 94.9 Å². The molecule has 0 N–H and O–H groups in total. The van der Waals surface area contributed by atoms with Gasteiger partial charge in [0.25, 0.3) is 0 Å². The van der Waals surface area contributed by atoms with Crippen LogP contribution in [0.1, 0.15) is 33.4 Å². The Kier molecular flexibility index (Phi) is 21.2. The Balaban J connectivity index is 1.97. The van der Waals surface area contributed by atoms with E-state index in [0.717, 1.165) is 123 Å². The number of hydrogen-bond donors (Lipinski definition) is 0. The molecule has 0 aliphatic heterocycles. The maximum atomic E-state index is 4.12. The highest BCUT2D eigenvalue weighted by atomic mass is 79.9. The van der Waals surface area contributed by atoms with Crippen LogP contribution in [0.3, 0.4) is 0 Å². The lowest BCUT2D eigenvalue weighted by Gasteiger charge is -2.54. The van der Waals surface area contributed by atoms with Gasteiger partial charge < -0.3 is 0 Å². The Morgan fingerprint density at radius 1 is 0.226 bits per heavy atom. The van der Waals surface area contributed by atoms with Crippen LogP contribution in [0.4, 0.5) is 0 Å². The summed E-state index contributed by atoms with van der Waals surface area (Å²) in [4.78, 5) is 0. The molecule has 0 aliphatic carbocycles. The Bertz CT molecular complexity index is 2420. The minimum atomic E-state index is -0.839. The lowest BCUT2D eigenvalue weighted by atomic mass is 9.49. The molecule has 0 amide bonds. The Morgan fingerprint density at radius 2 is 0.403 bits per heavy atom. The molecule has 0 spiro atoms. The zero-order valence-corrected chi connectivity index (χ0v) is 61.9. The van der Waals surface area contributed by atoms with Crippen molar-refractivity contribution in [3.63, 3.8) is 0 Å². The lowest BCUT2D eigenvalue weighted by molar-refractivity contribution is 0.139. The number of benzene rings is 6. The summed E-state index contributed by atoms with van der Waals surface area (Å²) < 4.78 is 18.0. The van der Waals surface area contributed by atoms with E-state index >= 15 is 0 Å². The molecule has 0 aliphatic rings. The fourth-order valence-electron chi connectivity index (χ4n) is 7.76. The van der Waals surface area contributed by atoms with Crippen molar-refractivity contribution in [1.29, 1.82) is 0 Å². The SMILES string of the molecule is Brc1c(Br)c(Br)c(CC(Cc2c(Br)c(Br)c(Br)c(Br)c2Br)(Cc2c(Br)c(Br)c(Br)c(Br)c2Br)C(Cc2c(Br)c(Br)c(Br)c(Br)c2Br)(c2ccccc2)c2ccccc2)c(Br)c1Br. The van der Waals surface area contributed by atoms with E-state index in [0.29, 0.717) is 25.7 Å². The Labute approximate surface area is 528 Å². The molecule has 326 valence electrons. The van der Waals surface area contributed by atoms with Gasteiger partial charge in [-0.1, -0.05) is 60.7 Å². The topological polar surface area (TPSA) is 0 Å². The van der Waals surface area contributed by atoms with E-state index in [-0.39, 0.29) is 0 Å². The van der Waals surface area contributed by atoms with Crippen molar-refractivity contribution in [2.24, 2.45) is 5.41 Å². The Morgan fingerprint density at radius 3 is 0.613 bits per heavy atom. The second-order valence-corrected chi connectivity index (χ2v) is 29.7. The van der Waals surface area contributed by atoms with E-state index in [1.807, 2.05) is 0 Å². The molecule has 0 fully saturated rings. The molecule has 0 nitrogen and oxygen atoms in total. The number of rotatable bonds is 11. The third-order valence-electron chi connectivity index (χ3n) is 10.6. The summed E-state index contributed by atoms with van der Waals surface area (Å²) in [5.41, 5.74) is 4.87. The van der Waals surface area contributed by atoms with Gasteiger partial charge in [-0.15, -0.1) is 0 Å². The van der Waals surface area contributed by atoms with E-state index < -0.39 is 10.8 Å². The normalized spacial score (nSPS) is 12.1. The molecule has 0 unspecified atom stereocenters. The van der Waals surface area contributed by atoms with Crippen LogP contribution < -0.4 is 0 Å². The van der Waals surface area contributed by atoms with Crippen LogP contribution in [-0.2, 0) is 31.1 Å². The summed E-state index contributed by atoms with van der Waals surface area (Å²) in [6.45, 7) is 0. The highest BCUT2D eigenvalue weighted by Crippen LogP contribution is 2.62. The van der Waals surface area contributed by atoms with Crippen molar-refractivity contribution in [2.75, 3.05) is 0 Å². The highest BCUT2D eigenvalue weighted by Gasteiger charge is 2.55. The third kappa shape index (κ3) is 10.6. The minimum Gasteiger partial charge on any atom is -0.0622 e. The van der Waals surface area contributed by atoms with E-state index in [2.05, 4.69) is 379 Å². The van der Waals surface area contributed by atoms with Gasteiger partial charge >= 0.3 is 0 Å². The van der Waals surface area contributed by atoms with Gasteiger partial charge in [0.1, 0.15) is 0 Å². The Hall–Kier alpha value is 4.92. The quantitative estimate of drug-likeness (QED) is 0.0896. The molecule has 6 aromatic carbocycles. The molecular formula is C42H18Br20. The van der Waals surface area contributed by atoms with Crippen molar-refractivity contribution >= 4 is 319 Å². The molecule has 62 heavy (non-hydrogen) atoms. The third-order valence-corrected chi connectivity index (χ3v) is 35.7. The van der Waals surface area contributed by atoms with Crippen molar-refractivity contribution in [3.05, 3.63) is 183 Å². The zero-order chi connectivity index (χ0) is 45.9. The van der Waals surface area contributed by atoms with Gasteiger partial charge in [-0.05, 0) is 383 Å². The van der Waals surface area contributed by atoms with Crippen molar-refractivity contribution < 1.29 is 0 Å². The minimum absolute atomic E-state index is 0.531. The van der Waals surface area contributed by atoms with Gasteiger partial charge in [0.05, 0.1) is 0 Å². The first-order valence-electron chi connectivity index (χ1n) is 17.2. The first-order valence-corrected chi connectivity index (χ1v) is 33.0. The van der Waals surface area contributed by atoms with Gasteiger partial charge in [-0.3, -0.25) is 0 Å². The molecule has 0 aromatic heterocycles. The monoisotopic (exact) mass is 2100 g/mol.